The van der Waals surface area contributed by atoms with E-state index in [0.29, 0.717) is 13.0 Å². The van der Waals surface area contributed by atoms with Gasteiger partial charge in [-0.25, -0.2) is 0 Å². The minimum absolute atomic E-state index is 0.103. The normalized spacial score (nSPS) is 26.3. The van der Waals surface area contributed by atoms with Gasteiger partial charge in [-0.05, 0) is 27.4 Å². The molecule has 98 valence electrons. The summed E-state index contributed by atoms with van der Waals surface area (Å²) < 4.78 is 0. The Balaban J connectivity index is 2.73. The van der Waals surface area contributed by atoms with Crippen molar-refractivity contribution in [3.05, 3.63) is 0 Å². The van der Waals surface area contributed by atoms with Crippen molar-refractivity contribution < 1.29 is 19.8 Å². The summed E-state index contributed by atoms with van der Waals surface area (Å²) in [5.74, 6) is -2.59. The number of aliphatic carboxylic acids is 1. The van der Waals surface area contributed by atoms with E-state index >= 15 is 0 Å². The van der Waals surface area contributed by atoms with Crippen LogP contribution in [-0.4, -0.2) is 71.2 Å². The Bertz CT molecular complexity index is 306. The lowest BCUT2D eigenvalue weighted by atomic mass is 10.1. The van der Waals surface area contributed by atoms with E-state index in [0.717, 1.165) is 0 Å². The van der Waals surface area contributed by atoms with Crippen molar-refractivity contribution in [2.24, 2.45) is 5.92 Å². The molecule has 1 aliphatic heterocycles. The van der Waals surface area contributed by atoms with Crippen LogP contribution in [0.5, 0.6) is 0 Å². The molecule has 0 aromatic heterocycles. The van der Waals surface area contributed by atoms with Gasteiger partial charge in [0.05, 0.1) is 6.10 Å². The molecule has 6 heteroatoms. The number of rotatable bonds is 4. The van der Waals surface area contributed by atoms with Gasteiger partial charge in [-0.2, -0.15) is 0 Å². The molecule has 0 bridgehead atoms. The van der Waals surface area contributed by atoms with E-state index in [1.165, 1.54) is 11.8 Å². The fraction of sp³-hybridized carbons (Fsp3) is 0.818. The van der Waals surface area contributed by atoms with Crippen LogP contribution in [0.15, 0.2) is 0 Å². The molecule has 6 nitrogen and oxygen atoms in total. The van der Waals surface area contributed by atoms with Gasteiger partial charge in [0.15, 0.2) is 0 Å². The smallest absolute Gasteiger partial charge is 0.315 e. The van der Waals surface area contributed by atoms with E-state index in [2.05, 4.69) is 0 Å². The van der Waals surface area contributed by atoms with E-state index < -0.39 is 23.9 Å². The fourth-order valence-corrected chi connectivity index (χ4v) is 2.11. The molecule has 1 rings (SSSR count). The first-order chi connectivity index (χ1) is 7.82. The van der Waals surface area contributed by atoms with Gasteiger partial charge in [0.25, 0.3) is 0 Å². The second-order valence-corrected chi connectivity index (χ2v) is 4.86. The summed E-state index contributed by atoms with van der Waals surface area (Å²) in [4.78, 5) is 26.1. The molecule has 1 amide bonds. The van der Waals surface area contributed by atoms with Crippen LogP contribution < -0.4 is 0 Å². The Morgan fingerprint density at radius 1 is 1.47 bits per heavy atom. The highest BCUT2D eigenvalue weighted by Gasteiger charge is 2.37. The number of hydrogen-bond acceptors (Lipinski definition) is 4. The standard InChI is InChI=1S/C11H20N2O4/c1-7(11(16)17)10(15)13-6-9(14)4-8(13)5-12(2)3/h7-9,14H,4-6H2,1-3H3,(H,16,17). The van der Waals surface area contributed by atoms with Crippen molar-refractivity contribution in [1.82, 2.24) is 9.80 Å². The molecular formula is C11H20N2O4. The van der Waals surface area contributed by atoms with Gasteiger partial charge in [-0.3, -0.25) is 9.59 Å². The van der Waals surface area contributed by atoms with Crippen LogP contribution in [0.4, 0.5) is 0 Å². The zero-order chi connectivity index (χ0) is 13.2. The summed E-state index contributed by atoms with van der Waals surface area (Å²) >= 11 is 0. The van der Waals surface area contributed by atoms with Gasteiger partial charge in [-0.15, -0.1) is 0 Å². The maximum absolute atomic E-state index is 11.9. The number of likely N-dealkylation sites (N-methyl/N-ethyl adjacent to an activating group) is 1. The largest absolute Gasteiger partial charge is 0.481 e. The molecule has 1 fully saturated rings. The van der Waals surface area contributed by atoms with Crippen LogP contribution in [-0.2, 0) is 9.59 Å². The van der Waals surface area contributed by atoms with Gasteiger partial charge in [0.2, 0.25) is 5.91 Å². The lowest BCUT2D eigenvalue weighted by molar-refractivity contribution is -0.150. The molecule has 17 heavy (non-hydrogen) atoms. The minimum Gasteiger partial charge on any atom is -0.481 e. The average molecular weight is 244 g/mol. The van der Waals surface area contributed by atoms with Crippen molar-refractivity contribution in [3.63, 3.8) is 0 Å². The summed E-state index contributed by atoms with van der Waals surface area (Å²) in [6.45, 7) is 2.24. The van der Waals surface area contributed by atoms with Gasteiger partial charge >= 0.3 is 5.97 Å². The van der Waals surface area contributed by atoms with Crippen molar-refractivity contribution in [3.8, 4) is 0 Å². The highest BCUT2D eigenvalue weighted by molar-refractivity contribution is 5.96. The second kappa shape index (κ2) is 5.46. The molecule has 0 aromatic carbocycles. The molecule has 1 heterocycles. The van der Waals surface area contributed by atoms with E-state index in [1.807, 2.05) is 19.0 Å². The first kappa shape index (κ1) is 13.9. The maximum atomic E-state index is 11.9. The van der Waals surface area contributed by atoms with Gasteiger partial charge in [-0.1, -0.05) is 0 Å². The van der Waals surface area contributed by atoms with Crippen LogP contribution >= 0.6 is 0 Å². The molecule has 1 aliphatic rings. The van der Waals surface area contributed by atoms with Gasteiger partial charge in [0.1, 0.15) is 5.92 Å². The van der Waals surface area contributed by atoms with E-state index in [-0.39, 0.29) is 12.6 Å². The molecule has 1 saturated heterocycles. The first-order valence-electron chi connectivity index (χ1n) is 5.69. The molecule has 3 atom stereocenters. The number of hydrogen-bond donors (Lipinski definition) is 2. The highest BCUT2D eigenvalue weighted by atomic mass is 16.4. The summed E-state index contributed by atoms with van der Waals surface area (Å²) in [6.07, 6.45) is -0.0408. The predicted octanol–water partition coefficient (Wildman–Crippen LogP) is -0.769. The summed E-state index contributed by atoms with van der Waals surface area (Å²) in [5.41, 5.74) is 0. The van der Waals surface area contributed by atoms with Crippen molar-refractivity contribution >= 4 is 11.9 Å². The van der Waals surface area contributed by atoms with Crippen LogP contribution in [0.3, 0.4) is 0 Å². The summed E-state index contributed by atoms with van der Waals surface area (Å²) in [5, 5.41) is 18.4. The van der Waals surface area contributed by atoms with Gasteiger partial charge in [0, 0.05) is 19.1 Å². The Morgan fingerprint density at radius 2 is 2.06 bits per heavy atom. The second-order valence-electron chi connectivity index (χ2n) is 4.86. The molecule has 0 radical (unpaired) electrons. The highest BCUT2D eigenvalue weighted by Crippen LogP contribution is 2.21. The van der Waals surface area contributed by atoms with E-state index in [4.69, 9.17) is 5.11 Å². The zero-order valence-corrected chi connectivity index (χ0v) is 10.5. The number of carbonyl (C=O) groups excluding carboxylic acids is 1. The quantitative estimate of drug-likeness (QED) is 0.635. The van der Waals surface area contributed by atoms with Crippen molar-refractivity contribution in [1.29, 1.82) is 0 Å². The van der Waals surface area contributed by atoms with E-state index in [1.54, 1.807) is 0 Å². The molecule has 0 aromatic rings. The number of carboxylic acids is 1. The Hall–Kier alpha value is -1.14. The molecule has 0 saturated carbocycles. The van der Waals surface area contributed by atoms with Crippen LogP contribution in [0.25, 0.3) is 0 Å². The number of likely N-dealkylation sites (tertiary alicyclic amines) is 1. The number of carboxylic acid groups (broad SMARTS) is 1. The topological polar surface area (TPSA) is 81.1 Å². The SMILES string of the molecule is CC(C(=O)O)C(=O)N1CC(O)CC1CN(C)C. The van der Waals surface area contributed by atoms with Crippen LogP contribution in [0.1, 0.15) is 13.3 Å². The van der Waals surface area contributed by atoms with Crippen LogP contribution in [0, 0.1) is 5.92 Å². The molecular weight excluding hydrogens is 224 g/mol. The Morgan fingerprint density at radius 3 is 2.53 bits per heavy atom. The summed E-state index contributed by atoms with van der Waals surface area (Å²) in [6, 6.07) is -0.103. The maximum Gasteiger partial charge on any atom is 0.315 e. The Kier molecular flexibility index (Phi) is 4.47. The number of β-amino-alcohol motifs (C(OH)–C–C–N with tert-alkyl or cyclic N) is 1. The average Bonchev–Trinajstić information content (AvgIpc) is 2.56. The summed E-state index contributed by atoms with van der Waals surface area (Å²) in [7, 11) is 3.77. The number of amides is 1. The molecule has 0 spiro atoms. The third kappa shape index (κ3) is 3.41. The number of aliphatic hydroxyl groups excluding tert-OH is 1. The number of nitrogens with zero attached hydrogens (tertiary/aromatic N) is 2. The molecule has 2 N–H and O–H groups in total. The lowest BCUT2D eigenvalue weighted by Gasteiger charge is -2.28. The molecule has 0 aliphatic carbocycles. The first-order valence-corrected chi connectivity index (χ1v) is 5.69. The van der Waals surface area contributed by atoms with E-state index in [9.17, 15) is 14.7 Å². The third-order valence-electron chi connectivity index (χ3n) is 2.99. The zero-order valence-electron chi connectivity index (χ0n) is 10.5. The van der Waals surface area contributed by atoms with Gasteiger partial charge < -0.3 is 20.0 Å². The van der Waals surface area contributed by atoms with Crippen LogP contribution in [0.2, 0.25) is 0 Å². The number of aliphatic hydroxyl groups is 1. The fourth-order valence-electron chi connectivity index (χ4n) is 2.11. The third-order valence-corrected chi connectivity index (χ3v) is 2.99. The van der Waals surface area contributed by atoms with Crippen molar-refractivity contribution in [2.75, 3.05) is 27.2 Å². The minimum atomic E-state index is -1.13. The lowest BCUT2D eigenvalue weighted by Crippen LogP contribution is -2.45. The van der Waals surface area contributed by atoms with Crippen molar-refractivity contribution in [2.45, 2.75) is 25.5 Å². The molecule has 3 unspecified atom stereocenters. The monoisotopic (exact) mass is 244 g/mol. The Labute approximate surface area is 101 Å². The predicted molar refractivity (Wildman–Crippen MR) is 61.5 cm³/mol. The number of carbonyl (C=O) groups is 2.